The Balaban J connectivity index is 2.19. The standard InChI is InChI=1S/C18H26N2O5S/c1-13(2)20-10-8-15(9-11-20)19-26(23,24)17-12-14(5-7-18(21)22)4-6-16(17)25-3/h4-7,12-13,15,19H,8-11H2,1-3H3,(H,21,22)/b7-5-. The smallest absolute Gasteiger partial charge is 0.328 e. The lowest BCUT2D eigenvalue weighted by Gasteiger charge is -2.34. The van der Waals surface area contributed by atoms with E-state index in [-0.39, 0.29) is 16.7 Å². The molecule has 1 aliphatic heterocycles. The number of nitrogens with zero attached hydrogens (tertiary/aromatic N) is 1. The lowest BCUT2D eigenvalue weighted by atomic mass is 10.1. The van der Waals surface area contributed by atoms with Gasteiger partial charge in [0, 0.05) is 18.2 Å². The Morgan fingerprint density at radius 2 is 2.00 bits per heavy atom. The zero-order valence-corrected chi connectivity index (χ0v) is 16.1. The van der Waals surface area contributed by atoms with E-state index in [1.165, 1.54) is 25.3 Å². The van der Waals surface area contributed by atoms with Crippen molar-refractivity contribution in [3.63, 3.8) is 0 Å². The fourth-order valence-corrected chi connectivity index (χ4v) is 4.50. The molecule has 0 bridgehead atoms. The fraction of sp³-hybridized carbons (Fsp3) is 0.500. The van der Waals surface area contributed by atoms with Gasteiger partial charge in [-0.3, -0.25) is 0 Å². The average Bonchev–Trinajstić information content (AvgIpc) is 2.59. The van der Waals surface area contributed by atoms with Crippen LogP contribution in [0.25, 0.3) is 6.08 Å². The maximum absolute atomic E-state index is 12.8. The molecule has 0 aliphatic carbocycles. The summed E-state index contributed by atoms with van der Waals surface area (Å²) in [5, 5.41) is 8.74. The van der Waals surface area contributed by atoms with Crippen LogP contribution in [0.5, 0.6) is 5.75 Å². The highest BCUT2D eigenvalue weighted by Gasteiger charge is 2.27. The van der Waals surface area contributed by atoms with Crippen molar-refractivity contribution >= 4 is 22.1 Å². The first-order chi connectivity index (χ1) is 12.2. The quantitative estimate of drug-likeness (QED) is 0.700. The van der Waals surface area contributed by atoms with Gasteiger partial charge in [-0.15, -0.1) is 0 Å². The number of aliphatic carboxylic acids is 1. The normalized spacial score (nSPS) is 17.1. The Labute approximate surface area is 154 Å². The molecule has 0 aromatic heterocycles. The number of carboxylic acids is 1. The third-order valence-corrected chi connectivity index (χ3v) is 6.02. The minimum absolute atomic E-state index is 0.0128. The number of hydrogen-bond donors (Lipinski definition) is 2. The summed E-state index contributed by atoms with van der Waals surface area (Å²) in [5.74, 6) is -0.871. The SMILES string of the molecule is COc1ccc(/C=C\C(=O)O)cc1S(=O)(=O)NC1CCN(C(C)C)CC1. The van der Waals surface area contributed by atoms with E-state index in [1.54, 1.807) is 6.07 Å². The van der Waals surface area contributed by atoms with E-state index in [2.05, 4.69) is 23.5 Å². The van der Waals surface area contributed by atoms with Gasteiger partial charge in [0.2, 0.25) is 10.0 Å². The highest BCUT2D eigenvalue weighted by Crippen LogP contribution is 2.26. The summed E-state index contributed by atoms with van der Waals surface area (Å²) < 4.78 is 33.6. The van der Waals surface area contributed by atoms with Crippen LogP contribution in [0.4, 0.5) is 0 Å². The van der Waals surface area contributed by atoms with Crippen molar-refractivity contribution in [2.24, 2.45) is 0 Å². The molecule has 144 valence electrons. The van der Waals surface area contributed by atoms with Gasteiger partial charge in [-0.2, -0.15) is 0 Å². The van der Waals surface area contributed by atoms with Gasteiger partial charge in [-0.05, 0) is 63.6 Å². The van der Waals surface area contributed by atoms with E-state index in [0.717, 1.165) is 32.0 Å². The first kappa shape index (κ1) is 20.4. The molecule has 0 spiro atoms. The zero-order valence-electron chi connectivity index (χ0n) is 15.3. The number of rotatable bonds is 7. The molecule has 1 aromatic rings. The minimum Gasteiger partial charge on any atom is -0.495 e. The van der Waals surface area contributed by atoms with Crippen LogP contribution in [0.1, 0.15) is 32.3 Å². The summed E-state index contributed by atoms with van der Waals surface area (Å²) in [6.45, 7) is 5.96. The number of methoxy groups -OCH3 is 1. The Hall–Kier alpha value is -1.90. The number of sulfonamides is 1. The highest BCUT2D eigenvalue weighted by atomic mass is 32.2. The number of ether oxygens (including phenoxy) is 1. The van der Waals surface area contributed by atoms with Crippen LogP contribution in [0.2, 0.25) is 0 Å². The van der Waals surface area contributed by atoms with Crippen molar-refractivity contribution in [2.75, 3.05) is 20.2 Å². The molecule has 1 saturated heterocycles. The highest BCUT2D eigenvalue weighted by molar-refractivity contribution is 7.89. The van der Waals surface area contributed by atoms with E-state index in [1.807, 2.05) is 0 Å². The van der Waals surface area contributed by atoms with E-state index in [4.69, 9.17) is 9.84 Å². The molecule has 0 saturated carbocycles. The van der Waals surface area contributed by atoms with E-state index in [9.17, 15) is 13.2 Å². The molecular formula is C18H26N2O5S. The Kier molecular flexibility index (Phi) is 6.80. The van der Waals surface area contributed by atoms with Gasteiger partial charge in [0.1, 0.15) is 10.6 Å². The van der Waals surface area contributed by atoms with Gasteiger partial charge in [-0.1, -0.05) is 6.07 Å². The molecule has 0 atom stereocenters. The van der Waals surface area contributed by atoms with Crippen LogP contribution < -0.4 is 9.46 Å². The first-order valence-electron chi connectivity index (χ1n) is 8.58. The number of carbonyl (C=O) groups is 1. The average molecular weight is 382 g/mol. The van der Waals surface area contributed by atoms with Gasteiger partial charge < -0.3 is 14.7 Å². The topological polar surface area (TPSA) is 95.9 Å². The Morgan fingerprint density at radius 3 is 2.54 bits per heavy atom. The van der Waals surface area contributed by atoms with Crippen molar-refractivity contribution < 1.29 is 23.1 Å². The lowest BCUT2D eigenvalue weighted by Crippen LogP contribution is -2.46. The maximum Gasteiger partial charge on any atom is 0.328 e. The van der Waals surface area contributed by atoms with Crippen LogP contribution in [0.15, 0.2) is 29.2 Å². The van der Waals surface area contributed by atoms with Crippen LogP contribution in [-0.4, -0.2) is 56.7 Å². The molecular weight excluding hydrogens is 356 g/mol. The molecule has 1 aliphatic rings. The number of likely N-dealkylation sites (tertiary alicyclic amines) is 1. The van der Waals surface area contributed by atoms with E-state index in [0.29, 0.717) is 11.6 Å². The molecule has 2 N–H and O–H groups in total. The molecule has 1 heterocycles. The predicted octanol–water partition coefficient (Wildman–Crippen LogP) is 1.94. The molecule has 0 amide bonds. The first-order valence-corrected chi connectivity index (χ1v) is 10.1. The number of piperidine rings is 1. The molecule has 0 radical (unpaired) electrons. The zero-order chi connectivity index (χ0) is 19.3. The van der Waals surface area contributed by atoms with Crippen LogP contribution >= 0.6 is 0 Å². The van der Waals surface area contributed by atoms with E-state index < -0.39 is 16.0 Å². The van der Waals surface area contributed by atoms with Crippen molar-refractivity contribution in [1.82, 2.24) is 9.62 Å². The third kappa shape index (κ3) is 5.30. The van der Waals surface area contributed by atoms with Crippen molar-refractivity contribution in [2.45, 2.75) is 43.7 Å². The summed E-state index contributed by atoms with van der Waals surface area (Å²) in [7, 11) is -2.37. The largest absolute Gasteiger partial charge is 0.495 e. The number of nitrogens with one attached hydrogen (secondary N) is 1. The summed E-state index contributed by atoms with van der Waals surface area (Å²) in [4.78, 5) is 13.0. The summed E-state index contributed by atoms with van der Waals surface area (Å²) in [6, 6.07) is 4.88. The fourth-order valence-electron chi connectivity index (χ4n) is 2.99. The molecule has 8 heteroatoms. The summed E-state index contributed by atoms with van der Waals surface area (Å²) in [6.07, 6.45) is 3.81. The summed E-state index contributed by atoms with van der Waals surface area (Å²) in [5.41, 5.74) is 0.475. The summed E-state index contributed by atoms with van der Waals surface area (Å²) >= 11 is 0. The van der Waals surface area contributed by atoms with Gasteiger partial charge in [0.05, 0.1) is 7.11 Å². The van der Waals surface area contributed by atoms with Crippen molar-refractivity contribution in [3.8, 4) is 5.75 Å². The van der Waals surface area contributed by atoms with E-state index >= 15 is 0 Å². The molecule has 1 aromatic carbocycles. The Morgan fingerprint density at radius 1 is 1.35 bits per heavy atom. The molecule has 26 heavy (non-hydrogen) atoms. The second kappa shape index (κ2) is 8.66. The van der Waals surface area contributed by atoms with Crippen LogP contribution in [-0.2, 0) is 14.8 Å². The minimum atomic E-state index is -3.78. The van der Waals surface area contributed by atoms with Gasteiger partial charge >= 0.3 is 5.97 Å². The van der Waals surface area contributed by atoms with Crippen molar-refractivity contribution in [1.29, 1.82) is 0 Å². The second-order valence-corrected chi connectivity index (χ2v) is 8.29. The molecule has 1 fully saturated rings. The molecule has 2 rings (SSSR count). The monoisotopic (exact) mass is 382 g/mol. The van der Waals surface area contributed by atoms with Crippen LogP contribution in [0.3, 0.4) is 0 Å². The molecule has 7 nitrogen and oxygen atoms in total. The number of carboxylic acid groups (broad SMARTS) is 1. The number of hydrogen-bond acceptors (Lipinski definition) is 5. The third-order valence-electron chi connectivity index (χ3n) is 4.48. The lowest BCUT2D eigenvalue weighted by molar-refractivity contribution is -0.131. The predicted molar refractivity (Wildman–Crippen MR) is 99.7 cm³/mol. The second-order valence-electron chi connectivity index (χ2n) is 6.61. The van der Waals surface area contributed by atoms with Crippen molar-refractivity contribution in [3.05, 3.63) is 29.8 Å². The van der Waals surface area contributed by atoms with Gasteiger partial charge in [0.15, 0.2) is 0 Å². The van der Waals surface area contributed by atoms with Gasteiger partial charge in [0.25, 0.3) is 0 Å². The van der Waals surface area contributed by atoms with Gasteiger partial charge in [-0.25, -0.2) is 17.9 Å². The molecule has 0 unspecified atom stereocenters. The maximum atomic E-state index is 12.8. The number of benzene rings is 1. The van der Waals surface area contributed by atoms with Crippen LogP contribution in [0, 0.1) is 0 Å². The Bertz CT molecular complexity index is 766.